The quantitative estimate of drug-likeness (QED) is 0.350. The van der Waals surface area contributed by atoms with Gasteiger partial charge in [0.25, 0.3) is 0 Å². The van der Waals surface area contributed by atoms with Gasteiger partial charge in [-0.1, -0.05) is 23.7 Å². The van der Waals surface area contributed by atoms with Crippen LogP contribution in [0.1, 0.15) is 18.0 Å². The number of aryl methyl sites for hydroxylation is 2. The van der Waals surface area contributed by atoms with Gasteiger partial charge in [-0.15, -0.1) is 0 Å². The lowest BCUT2D eigenvalue weighted by Crippen LogP contribution is -1.99. The molecule has 0 spiro atoms. The highest BCUT2D eigenvalue weighted by Crippen LogP contribution is 2.28. The van der Waals surface area contributed by atoms with Crippen LogP contribution in [-0.4, -0.2) is 28.3 Å². The average molecular weight is 424 g/mol. The second kappa shape index (κ2) is 9.05. The summed E-state index contributed by atoms with van der Waals surface area (Å²) in [6.07, 6.45) is 5.03. The van der Waals surface area contributed by atoms with Gasteiger partial charge in [-0.3, -0.25) is 4.57 Å². The van der Waals surface area contributed by atoms with E-state index in [-0.39, 0.29) is 0 Å². The van der Waals surface area contributed by atoms with Crippen molar-refractivity contribution < 1.29 is 13.9 Å². The lowest BCUT2D eigenvalue weighted by molar-refractivity contribution is 0.305. The van der Waals surface area contributed by atoms with Crippen LogP contribution in [0.4, 0.5) is 0 Å². The fraction of sp³-hybridized carbons (Fsp3) is 0.217. The summed E-state index contributed by atoms with van der Waals surface area (Å²) < 4.78 is 18.9. The number of nitrogens with zero attached hydrogens (tertiary/aromatic N) is 3. The van der Waals surface area contributed by atoms with Gasteiger partial charge in [0.05, 0.1) is 13.7 Å². The number of hydrogen-bond donors (Lipinski definition) is 0. The first kappa shape index (κ1) is 20.0. The molecule has 4 rings (SSSR count). The Bertz CT molecular complexity index is 1100. The van der Waals surface area contributed by atoms with Gasteiger partial charge in [0, 0.05) is 29.4 Å². The SMILES string of the molecule is COc1ccc(OCCCc2oc(-n3ccnc3C)nc2-c2ccc(Cl)cc2)cc1. The zero-order chi connectivity index (χ0) is 20.9. The van der Waals surface area contributed by atoms with Gasteiger partial charge in [0.2, 0.25) is 0 Å². The summed E-state index contributed by atoms with van der Waals surface area (Å²) >= 11 is 6.05. The predicted molar refractivity (Wildman–Crippen MR) is 116 cm³/mol. The minimum atomic E-state index is 0.501. The van der Waals surface area contributed by atoms with Crippen LogP contribution in [0.25, 0.3) is 17.3 Å². The molecule has 6 nitrogen and oxygen atoms in total. The Labute approximate surface area is 180 Å². The smallest absolute Gasteiger partial charge is 0.307 e. The molecule has 0 saturated carbocycles. The third-order valence-electron chi connectivity index (χ3n) is 4.71. The Morgan fingerprint density at radius 1 is 1.03 bits per heavy atom. The molecule has 0 fully saturated rings. The van der Waals surface area contributed by atoms with Crippen LogP contribution < -0.4 is 9.47 Å². The Morgan fingerprint density at radius 3 is 2.43 bits per heavy atom. The van der Waals surface area contributed by atoms with E-state index in [1.165, 1.54) is 0 Å². The van der Waals surface area contributed by atoms with Crippen molar-refractivity contribution in [3.8, 4) is 28.8 Å². The van der Waals surface area contributed by atoms with Gasteiger partial charge in [-0.25, -0.2) is 4.98 Å². The average Bonchev–Trinajstić information content (AvgIpc) is 3.38. The third kappa shape index (κ3) is 4.49. The summed E-state index contributed by atoms with van der Waals surface area (Å²) in [4.78, 5) is 8.98. The normalized spacial score (nSPS) is 10.9. The number of rotatable bonds is 8. The topological polar surface area (TPSA) is 62.3 Å². The first-order valence-corrected chi connectivity index (χ1v) is 10.0. The zero-order valence-electron chi connectivity index (χ0n) is 16.8. The van der Waals surface area contributed by atoms with Crippen LogP contribution in [0.2, 0.25) is 5.02 Å². The van der Waals surface area contributed by atoms with Crippen molar-refractivity contribution in [3.05, 3.63) is 77.5 Å². The zero-order valence-corrected chi connectivity index (χ0v) is 17.6. The minimum absolute atomic E-state index is 0.501. The van der Waals surface area contributed by atoms with Gasteiger partial charge in [0.1, 0.15) is 28.8 Å². The standard InChI is InChI=1S/C23H22ClN3O3/c1-16-25-13-14-27(16)23-26-22(17-5-7-18(24)8-6-17)21(30-23)4-3-15-29-20-11-9-19(28-2)10-12-20/h5-14H,3-4,15H2,1-2H3. The molecule has 4 aromatic rings. The largest absolute Gasteiger partial charge is 0.497 e. The van der Waals surface area contributed by atoms with Gasteiger partial charge in [-0.2, -0.15) is 4.98 Å². The Morgan fingerprint density at radius 2 is 1.77 bits per heavy atom. The van der Waals surface area contributed by atoms with Crippen molar-refractivity contribution >= 4 is 11.6 Å². The summed E-state index contributed by atoms with van der Waals surface area (Å²) in [5, 5.41) is 0.683. The third-order valence-corrected chi connectivity index (χ3v) is 4.96. The molecule has 2 aromatic carbocycles. The summed E-state index contributed by atoms with van der Waals surface area (Å²) in [5.74, 6) is 3.23. The molecule has 0 bridgehead atoms. The Kier molecular flexibility index (Phi) is 6.05. The molecule has 0 saturated heterocycles. The second-order valence-electron chi connectivity index (χ2n) is 6.75. The van der Waals surface area contributed by atoms with Crippen LogP contribution in [0, 0.1) is 6.92 Å². The summed E-state index contributed by atoms with van der Waals surface area (Å²) in [6, 6.07) is 15.6. The lowest BCUT2D eigenvalue weighted by atomic mass is 10.1. The van der Waals surface area contributed by atoms with Crippen LogP contribution >= 0.6 is 11.6 Å². The van der Waals surface area contributed by atoms with E-state index < -0.39 is 0 Å². The summed E-state index contributed by atoms with van der Waals surface area (Å²) in [6.45, 7) is 2.47. The van der Waals surface area contributed by atoms with Crippen LogP contribution in [0.3, 0.4) is 0 Å². The van der Waals surface area contributed by atoms with Crippen molar-refractivity contribution in [2.75, 3.05) is 13.7 Å². The van der Waals surface area contributed by atoms with Crippen molar-refractivity contribution in [3.63, 3.8) is 0 Å². The van der Waals surface area contributed by atoms with Gasteiger partial charge < -0.3 is 13.9 Å². The maximum atomic E-state index is 6.11. The minimum Gasteiger partial charge on any atom is -0.497 e. The van der Waals surface area contributed by atoms with Crippen molar-refractivity contribution in [1.82, 2.24) is 14.5 Å². The number of imidazole rings is 1. The number of aromatic nitrogens is 3. The van der Waals surface area contributed by atoms with E-state index in [9.17, 15) is 0 Å². The first-order chi connectivity index (χ1) is 14.6. The molecule has 0 aliphatic carbocycles. The molecule has 154 valence electrons. The molecule has 0 aliphatic rings. The molecule has 0 N–H and O–H groups in total. The monoisotopic (exact) mass is 423 g/mol. The highest BCUT2D eigenvalue weighted by atomic mass is 35.5. The fourth-order valence-corrected chi connectivity index (χ4v) is 3.25. The Balaban J connectivity index is 1.49. The molecular formula is C23H22ClN3O3. The van der Waals surface area contributed by atoms with Gasteiger partial charge in [-0.05, 0) is 49.7 Å². The number of ether oxygens (including phenoxy) is 2. The van der Waals surface area contributed by atoms with Gasteiger partial charge >= 0.3 is 6.01 Å². The predicted octanol–water partition coefficient (Wildman–Crippen LogP) is 5.51. The van der Waals surface area contributed by atoms with E-state index in [1.807, 2.05) is 66.2 Å². The van der Waals surface area contributed by atoms with E-state index in [1.54, 1.807) is 13.3 Å². The van der Waals surface area contributed by atoms with E-state index in [2.05, 4.69) is 4.98 Å². The lowest BCUT2D eigenvalue weighted by Gasteiger charge is -2.07. The molecule has 2 aromatic heterocycles. The highest BCUT2D eigenvalue weighted by Gasteiger charge is 2.17. The molecule has 0 unspecified atom stereocenters. The maximum absolute atomic E-state index is 6.11. The molecule has 0 radical (unpaired) electrons. The van der Waals surface area contributed by atoms with Crippen LogP contribution in [0.15, 0.2) is 65.3 Å². The van der Waals surface area contributed by atoms with Crippen molar-refractivity contribution in [2.45, 2.75) is 19.8 Å². The van der Waals surface area contributed by atoms with E-state index >= 15 is 0 Å². The number of hydrogen-bond acceptors (Lipinski definition) is 5. The summed E-state index contributed by atoms with van der Waals surface area (Å²) in [5.41, 5.74) is 1.76. The van der Waals surface area contributed by atoms with Crippen molar-refractivity contribution in [1.29, 1.82) is 0 Å². The second-order valence-corrected chi connectivity index (χ2v) is 7.18. The molecular weight excluding hydrogens is 402 g/mol. The number of oxazole rings is 1. The number of halogens is 1. The van der Waals surface area contributed by atoms with E-state index in [0.29, 0.717) is 24.1 Å². The maximum Gasteiger partial charge on any atom is 0.307 e. The molecule has 0 amide bonds. The van der Waals surface area contributed by atoms with Crippen LogP contribution in [0.5, 0.6) is 11.5 Å². The van der Waals surface area contributed by atoms with E-state index in [0.717, 1.165) is 40.8 Å². The Hall–Kier alpha value is -3.25. The summed E-state index contributed by atoms with van der Waals surface area (Å²) in [7, 11) is 1.64. The van der Waals surface area contributed by atoms with Crippen molar-refractivity contribution in [2.24, 2.45) is 0 Å². The van der Waals surface area contributed by atoms with Crippen LogP contribution in [-0.2, 0) is 6.42 Å². The molecule has 30 heavy (non-hydrogen) atoms. The molecule has 7 heteroatoms. The number of methoxy groups -OCH3 is 1. The molecule has 0 aliphatic heterocycles. The molecule has 2 heterocycles. The first-order valence-electron chi connectivity index (χ1n) is 9.67. The number of benzene rings is 2. The highest BCUT2D eigenvalue weighted by molar-refractivity contribution is 6.30. The molecule has 0 atom stereocenters. The van der Waals surface area contributed by atoms with E-state index in [4.69, 9.17) is 30.5 Å². The van der Waals surface area contributed by atoms with Gasteiger partial charge in [0.15, 0.2) is 0 Å². The fourth-order valence-electron chi connectivity index (χ4n) is 3.12.